The molecule has 2 N–H and O–H groups in total. The van der Waals surface area contributed by atoms with E-state index in [4.69, 9.17) is 9.84 Å². The Kier molecular flexibility index (Phi) is 6.47. The van der Waals surface area contributed by atoms with Crippen LogP contribution >= 0.6 is 0 Å². The molecule has 0 bridgehead atoms. The van der Waals surface area contributed by atoms with Gasteiger partial charge in [-0.1, -0.05) is 42.5 Å². The van der Waals surface area contributed by atoms with E-state index in [-0.39, 0.29) is 24.9 Å². The van der Waals surface area contributed by atoms with Crippen molar-refractivity contribution in [2.45, 2.75) is 0 Å². The van der Waals surface area contributed by atoms with Gasteiger partial charge in [0.05, 0.1) is 19.8 Å². The number of aliphatic hydroxyl groups is 1. The van der Waals surface area contributed by atoms with Gasteiger partial charge in [-0.3, -0.25) is 9.59 Å². The average Bonchev–Trinajstić information content (AvgIpc) is 2.61. The molecule has 0 aliphatic heterocycles. The van der Waals surface area contributed by atoms with Gasteiger partial charge in [0.25, 0.3) is 5.91 Å². The summed E-state index contributed by atoms with van der Waals surface area (Å²) in [6.07, 6.45) is 0. The van der Waals surface area contributed by atoms with Crippen molar-refractivity contribution in [2.75, 3.05) is 26.4 Å². The third-order valence-corrected chi connectivity index (χ3v) is 3.21. The summed E-state index contributed by atoms with van der Waals surface area (Å²) >= 11 is 0. The van der Waals surface area contributed by atoms with Crippen LogP contribution in [0.4, 0.5) is 0 Å². The first kappa shape index (κ1) is 16.9. The monoisotopic (exact) mass is 313 g/mol. The number of carbonyl (C=O) groups is 2. The van der Waals surface area contributed by atoms with E-state index in [1.54, 1.807) is 36.4 Å². The molecule has 120 valence electrons. The summed E-state index contributed by atoms with van der Waals surface area (Å²) in [5.41, 5.74) is 1.64. The topological polar surface area (TPSA) is 75.6 Å². The van der Waals surface area contributed by atoms with E-state index in [9.17, 15) is 9.59 Å². The van der Waals surface area contributed by atoms with E-state index in [2.05, 4.69) is 5.32 Å². The SMILES string of the molecule is O=C(NCCOCCO)c1ccc(C(=O)c2ccccc2)cc1. The van der Waals surface area contributed by atoms with Crippen LogP contribution < -0.4 is 5.32 Å². The summed E-state index contributed by atoms with van der Waals surface area (Å²) < 4.78 is 5.06. The van der Waals surface area contributed by atoms with Gasteiger partial charge >= 0.3 is 0 Å². The van der Waals surface area contributed by atoms with E-state index in [0.29, 0.717) is 29.8 Å². The van der Waals surface area contributed by atoms with Gasteiger partial charge in [-0.15, -0.1) is 0 Å². The largest absolute Gasteiger partial charge is 0.394 e. The highest BCUT2D eigenvalue weighted by molar-refractivity contribution is 6.09. The van der Waals surface area contributed by atoms with Crippen molar-refractivity contribution in [3.8, 4) is 0 Å². The van der Waals surface area contributed by atoms with Gasteiger partial charge in [-0.2, -0.15) is 0 Å². The quantitative estimate of drug-likeness (QED) is 0.574. The lowest BCUT2D eigenvalue weighted by molar-refractivity contribution is 0.0837. The molecule has 0 saturated carbocycles. The smallest absolute Gasteiger partial charge is 0.251 e. The Morgan fingerprint density at radius 2 is 1.48 bits per heavy atom. The lowest BCUT2D eigenvalue weighted by atomic mass is 10.0. The van der Waals surface area contributed by atoms with Crippen molar-refractivity contribution in [2.24, 2.45) is 0 Å². The van der Waals surface area contributed by atoms with Crippen LogP contribution in [-0.4, -0.2) is 43.2 Å². The van der Waals surface area contributed by atoms with Gasteiger partial charge in [0.15, 0.2) is 5.78 Å². The first-order valence-electron chi connectivity index (χ1n) is 7.39. The summed E-state index contributed by atoms with van der Waals surface area (Å²) in [5.74, 6) is -0.300. The molecule has 0 radical (unpaired) electrons. The molecule has 0 unspecified atom stereocenters. The van der Waals surface area contributed by atoms with Gasteiger partial charge in [0.1, 0.15) is 0 Å². The zero-order valence-corrected chi connectivity index (χ0v) is 12.7. The maximum Gasteiger partial charge on any atom is 0.251 e. The number of amides is 1. The molecule has 0 aliphatic carbocycles. The molecule has 1 amide bonds. The van der Waals surface area contributed by atoms with E-state index in [1.807, 2.05) is 18.2 Å². The predicted molar refractivity (Wildman–Crippen MR) is 86.6 cm³/mol. The molecule has 23 heavy (non-hydrogen) atoms. The fraction of sp³-hybridized carbons (Fsp3) is 0.222. The molecule has 0 fully saturated rings. The number of aliphatic hydroxyl groups excluding tert-OH is 1. The second kappa shape index (κ2) is 8.82. The van der Waals surface area contributed by atoms with Gasteiger partial charge < -0.3 is 15.2 Å². The van der Waals surface area contributed by atoms with Crippen molar-refractivity contribution in [1.82, 2.24) is 5.32 Å². The van der Waals surface area contributed by atoms with Crippen LogP contribution in [-0.2, 0) is 4.74 Å². The van der Waals surface area contributed by atoms with Gasteiger partial charge in [0.2, 0.25) is 0 Å². The first-order valence-corrected chi connectivity index (χ1v) is 7.39. The van der Waals surface area contributed by atoms with Crippen LogP contribution in [0, 0.1) is 0 Å². The number of ketones is 1. The number of hydrogen-bond donors (Lipinski definition) is 2. The summed E-state index contributed by atoms with van der Waals surface area (Å²) in [5, 5.41) is 11.3. The molecule has 5 heteroatoms. The van der Waals surface area contributed by atoms with Crippen molar-refractivity contribution in [3.63, 3.8) is 0 Å². The van der Waals surface area contributed by atoms with E-state index < -0.39 is 0 Å². The van der Waals surface area contributed by atoms with E-state index in [0.717, 1.165) is 0 Å². The summed E-state index contributed by atoms with van der Waals surface area (Å²) in [6.45, 7) is 0.928. The highest BCUT2D eigenvalue weighted by atomic mass is 16.5. The Bertz CT molecular complexity index is 638. The lowest BCUT2D eigenvalue weighted by Gasteiger charge is -2.06. The summed E-state index contributed by atoms with van der Waals surface area (Å²) in [4.78, 5) is 24.2. The molecule has 2 aromatic rings. The third-order valence-electron chi connectivity index (χ3n) is 3.21. The van der Waals surface area contributed by atoms with Crippen LogP contribution in [0.5, 0.6) is 0 Å². The minimum Gasteiger partial charge on any atom is -0.394 e. The highest BCUT2D eigenvalue weighted by Gasteiger charge is 2.10. The normalized spacial score (nSPS) is 10.3. The second-order valence-corrected chi connectivity index (χ2v) is 4.86. The van der Waals surface area contributed by atoms with Gasteiger partial charge in [-0.05, 0) is 12.1 Å². The first-order chi connectivity index (χ1) is 11.2. The zero-order chi connectivity index (χ0) is 16.5. The number of hydrogen-bond acceptors (Lipinski definition) is 4. The van der Waals surface area contributed by atoms with Crippen LogP contribution in [0.1, 0.15) is 26.3 Å². The molecule has 0 aromatic heterocycles. The third kappa shape index (κ3) is 5.02. The molecule has 0 heterocycles. The number of ether oxygens (including phenoxy) is 1. The average molecular weight is 313 g/mol. The van der Waals surface area contributed by atoms with E-state index in [1.165, 1.54) is 0 Å². The maximum absolute atomic E-state index is 12.3. The Hall–Kier alpha value is -2.50. The number of rotatable bonds is 8. The Balaban J connectivity index is 1.91. The Labute approximate surface area is 134 Å². The standard InChI is InChI=1S/C18H19NO4/c20-11-13-23-12-10-19-18(22)16-8-6-15(7-9-16)17(21)14-4-2-1-3-5-14/h1-9,20H,10-13H2,(H,19,22). The van der Waals surface area contributed by atoms with Crippen molar-refractivity contribution in [3.05, 3.63) is 71.3 Å². The lowest BCUT2D eigenvalue weighted by Crippen LogP contribution is -2.27. The Morgan fingerprint density at radius 1 is 0.870 bits per heavy atom. The molecule has 0 saturated heterocycles. The predicted octanol–water partition coefficient (Wildman–Crippen LogP) is 1.66. The second-order valence-electron chi connectivity index (χ2n) is 4.86. The molecular formula is C18H19NO4. The fourth-order valence-electron chi connectivity index (χ4n) is 2.03. The number of nitrogens with one attached hydrogen (secondary N) is 1. The molecule has 0 spiro atoms. The molecule has 0 aliphatic rings. The summed E-state index contributed by atoms with van der Waals surface area (Å²) in [6, 6.07) is 15.5. The maximum atomic E-state index is 12.3. The van der Waals surface area contributed by atoms with Gasteiger partial charge in [0, 0.05) is 23.2 Å². The van der Waals surface area contributed by atoms with Crippen molar-refractivity contribution >= 4 is 11.7 Å². The minimum atomic E-state index is -0.226. The molecule has 0 atom stereocenters. The van der Waals surface area contributed by atoms with Crippen LogP contribution in [0.15, 0.2) is 54.6 Å². The highest BCUT2D eigenvalue weighted by Crippen LogP contribution is 2.11. The fourth-order valence-corrected chi connectivity index (χ4v) is 2.03. The van der Waals surface area contributed by atoms with Crippen molar-refractivity contribution in [1.29, 1.82) is 0 Å². The minimum absolute atomic E-state index is 0.0369. The molecular weight excluding hydrogens is 294 g/mol. The summed E-state index contributed by atoms with van der Waals surface area (Å²) in [7, 11) is 0. The number of benzene rings is 2. The zero-order valence-electron chi connectivity index (χ0n) is 12.7. The number of carbonyl (C=O) groups excluding carboxylic acids is 2. The van der Waals surface area contributed by atoms with Crippen molar-refractivity contribution < 1.29 is 19.4 Å². The van der Waals surface area contributed by atoms with E-state index >= 15 is 0 Å². The van der Waals surface area contributed by atoms with Crippen LogP contribution in [0.25, 0.3) is 0 Å². The van der Waals surface area contributed by atoms with Crippen LogP contribution in [0.2, 0.25) is 0 Å². The van der Waals surface area contributed by atoms with Gasteiger partial charge in [-0.25, -0.2) is 0 Å². The molecule has 5 nitrogen and oxygen atoms in total. The van der Waals surface area contributed by atoms with Crippen LogP contribution in [0.3, 0.4) is 0 Å². The Morgan fingerprint density at radius 3 is 2.13 bits per heavy atom. The molecule has 2 aromatic carbocycles. The molecule has 2 rings (SSSR count).